The fourth-order valence-electron chi connectivity index (χ4n) is 4.35. The van der Waals surface area contributed by atoms with E-state index < -0.39 is 8.07 Å². The summed E-state index contributed by atoms with van der Waals surface area (Å²) < 4.78 is 1.23. The van der Waals surface area contributed by atoms with Gasteiger partial charge in [0.2, 0.25) is 0 Å². The van der Waals surface area contributed by atoms with E-state index in [1.807, 2.05) is 0 Å². The normalized spacial score (nSPS) is 19.2. The molecule has 4 rings (SSSR count). The maximum atomic E-state index is 3.73. The summed E-state index contributed by atoms with van der Waals surface area (Å²) in [5.74, 6) is 0. The minimum atomic E-state index is -1.60. The summed E-state index contributed by atoms with van der Waals surface area (Å²) in [6, 6.07) is 15.5. The average molecular weight is 381 g/mol. The van der Waals surface area contributed by atoms with Crippen LogP contribution in [0.1, 0.15) is 34.7 Å². The van der Waals surface area contributed by atoms with Crippen molar-refractivity contribution < 1.29 is 0 Å². The Kier molecular flexibility index (Phi) is 3.51. The van der Waals surface area contributed by atoms with Gasteiger partial charge in [-0.05, 0) is 41.7 Å². The second-order valence-electron chi connectivity index (χ2n) is 7.33. The Hall–Kier alpha value is -1.38. The van der Waals surface area contributed by atoms with Crippen molar-refractivity contribution in [2.45, 2.75) is 32.0 Å². The second-order valence-corrected chi connectivity index (χ2v) is 12.8. The topological polar surface area (TPSA) is 0 Å². The van der Waals surface area contributed by atoms with Gasteiger partial charge in [0.15, 0.2) is 0 Å². The quantitative estimate of drug-likeness (QED) is 0.530. The predicted octanol–water partition coefficient (Wildman–Crippen LogP) is 6.38. The standard InChI is InChI=1S/C21H21BrSi/c1-14-11-19-18(9-6-10-20(19)22)21(14)23(2,3)17-12-15-7-4-5-8-16(15)13-17/h4-12,21H,13H2,1-3H3. The van der Waals surface area contributed by atoms with Crippen LogP contribution < -0.4 is 0 Å². The fraction of sp³-hybridized carbons (Fsp3) is 0.238. The zero-order valence-electron chi connectivity index (χ0n) is 13.9. The van der Waals surface area contributed by atoms with Gasteiger partial charge in [0, 0.05) is 10.0 Å². The molecule has 23 heavy (non-hydrogen) atoms. The van der Waals surface area contributed by atoms with Crippen LogP contribution in [0.2, 0.25) is 13.1 Å². The Bertz CT molecular complexity index is 858. The summed E-state index contributed by atoms with van der Waals surface area (Å²) in [7, 11) is -1.60. The number of rotatable bonds is 2. The molecule has 0 aromatic heterocycles. The molecule has 2 aliphatic carbocycles. The Morgan fingerprint density at radius 2 is 1.78 bits per heavy atom. The van der Waals surface area contributed by atoms with E-state index in [-0.39, 0.29) is 0 Å². The molecule has 0 heterocycles. The van der Waals surface area contributed by atoms with Crippen molar-refractivity contribution in [3.05, 3.63) is 80.0 Å². The molecular weight excluding hydrogens is 360 g/mol. The summed E-state index contributed by atoms with van der Waals surface area (Å²) in [6.45, 7) is 7.40. The summed E-state index contributed by atoms with van der Waals surface area (Å²) in [5.41, 5.74) is 7.96. The van der Waals surface area contributed by atoms with E-state index in [4.69, 9.17) is 0 Å². The summed E-state index contributed by atoms with van der Waals surface area (Å²) >= 11 is 3.73. The molecule has 2 aromatic carbocycles. The van der Waals surface area contributed by atoms with Crippen LogP contribution in [0.15, 0.2) is 57.7 Å². The van der Waals surface area contributed by atoms with Crippen molar-refractivity contribution >= 4 is 36.2 Å². The Labute approximate surface area is 148 Å². The van der Waals surface area contributed by atoms with Crippen LogP contribution in [0.3, 0.4) is 0 Å². The molecule has 0 saturated carbocycles. The maximum absolute atomic E-state index is 3.73. The van der Waals surface area contributed by atoms with Crippen LogP contribution in [0, 0.1) is 0 Å². The summed E-state index contributed by atoms with van der Waals surface area (Å²) in [4.78, 5) is 0. The van der Waals surface area contributed by atoms with E-state index in [9.17, 15) is 0 Å². The lowest BCUT2D eigenvalue weighted by atomic mass is 10.1. The zero-order chi connectivity index (χ0) is 16.2. The van der Waals surface area contributed by atoms with E-state index in [2.05, 4.69) is 90.6 Å². The third-order valence-electron chi connectivity index (χ3n) is 5.54. The minimum Gasteiger partial charge on any atom is -0.0750 e. The molecule has 116 valence electrons. The first kappa shape index (κ1) is 15.2. The molecular formula is C21H21BrSi. The van der Waals surface area contributed by atoms with Crippen molar-refractivity contribution in [1.82, 2.24) is 0 Å². The molecule has 0 radical (unpaired) electrons. The maximum Gasteiger partial charge on any atom is 0.0877 e. The summed E-state index contributed by atoms with van der Waals surface area (Å²) in [6.07, 6.45) is 6.01. The average Bonchev–Trinajstić information content (AvgIpc) is 3.09. The fourth-order valence-corrected chi connectivity index (χ4v) is 8.64. The van der Waals surface area contributed by atoms with Gasteiger partial charge in [-0.15, -0.1) is 0 Å². The highest BCUT2D eigenvalue weighted by Gasteiger charge is 2.41. The van der Waals surface area contributed by atoms with Crippen molar-refractivity contribution in [3.63, 3.8) is 0 Å². The first-order chi connectivity index (χ1) is 11.0. The van der Waals surface area contributed by atoms with E-state index in [0.717, 1.165) is 6.42 Å². The third kappa shape index (κ3) is 2.31. The van der Waals surface area contributed by atoms with Crippen LogP contribution in [-0.4, -0.2) is 8.07 Å². The van der Waals surface area contributed by atoms with Crippen molar-refractivity contribution in [1.29, 1.82) is 0 Å². The van der Waals surface area contributed by atoms with Gasteiger partial charge in [-0.3, -0.25) is 0 Å². The van der Waals surface area contributed by atoms with E-state index in [1.54, 1.807) is 5.20 Å². The van der Waals surface area contributed by atoms with Gasteiger partial charge in [-0.2, -0.15) is 0 Å². The lowest BCUT2D eigenvalue weighted by molar-refractivity contribution is 1.06. The van der Waals surface area contributed by atoms with E-state index in [1.165, 1.54) is 32.3 Å². The Morgan fingerprint density at radius 3 is 2.57 bits per heavy atom. The molecule has 0 spiro atoms. The van der Waals surface area contributed by atoms with Gasteiger partial charge in [0.1, 0.15) is 0 Å². The Morgan fingerprint density at radius 1 is 1.00 bits per heavy atom. The number of allylic oxidation sites excluding steroid dienone is 2. The van der Waals surface area contributed by atoms with Gasteiger partial charge >= 0.3 is 0 Å². The van der Waals surface area contributed by atoms with Gasteiger partial charge in [0.05, 0.1) is 8.07 Å². The highest BCUT2D eigenvalue weighted by atomic mass is 79.9. The summed E-state index contributed by atoms with van der Waals surface area (Å²) in [5, 5.41) is 1.68. The molecule has 0 aliphatic heterocycles. The first-order valence-corrected chi connectivity index (χ1v) is 12.1. The van der Waals surface area contributed by atoms with Gasteiger partial charge in [0.25, 0.3) is 0 Å². The third-order valence-corrected chi connectivity index (χ3v) is 10.4. The van der Waals surface area contributed by atoms with Crippen LogP contribution in [0.4, 0.5) is 0 Å². The smallest absolute Gasteiger partial charge is 0.0750 e. The number of benzene rings is 2. The predicted molar refractivity (Wildman–Crippen MR) is 106 cm³/mol. The number of fused-ring (bicyclic) bond motifs is 2. The van der Waals surface area contributed by atoms with Gasteiger partial charge in [-0.1, -0.05) is 88.3 Å². The molecule has 0 nitrogen and oxygen atoms in total. The van der Waals surface area contributed by atoms with Crippen molar-refractivity contribution in [2.24, 2.45) is 0 Å². The second kappa shape index (κ2) is 5.32. The molecule has 2 aliphatic rings. The minimum absolute atomic E-state index is 0.593. The largest absolute Gasteiger partial charge is 0.0877 e. The van der Waals surface area contributed by atoms with Gasteiger partial charge in [-0.25, -0.2) is 0 Å². The number of hydrogen-bond donors (Lipinski definition) is 0. The van der Waals surface area contributed by atoms with Crippen molar-refractivity contribution in [3.8, 4) is 0 Å². The highest BCUT2D eigenvalue weighted by molar-refractivity contribution is 9.10. The zero-order valence-corrected chi connectivity index (χ0v) is 16.4. The molecule has 0 amide bonds. The number of hydrogen-bond acceptors (Lipinski definition) is 0. The molecule has 0 bridgehead atoms. The Balaban J connectivity index is 1.77. The lowest BCUT2D eigenvalue weighted by Gasteiger charge is -2.33. The molecule has 2 heteroatoms. The van der Waals surface area contributed by atoms with E-state index >= 15 is 0 Å². The molecule has 0 N–H and O–H groups in total. The molecule has 1 unspecified atom stereocenters. The van der Waals surface area contributed by atoms with Crippen LogP contribution >= 0.6 is 15.9 Å². The van der Waals surface area contributed by atoms with Crippen LogP contribution in [0.25, 0.3) is 12.2 Å². The SMILES string of the molecule is CC1=Cc2c(Br)cccc2C1[Si](C)(C)C1=Cc2ccccc2C1. The van der Waals surface area contributed by atoms with Crippen molar-refractivity contribution in [2.75, 3.05) is 0 Å². The van der Waals surface area contributed by atoms with Crippen LogP contribution in [0.5, 0.6) is 0 Å². The monoisotopic (exact) mass is 380 g/mol. The highest BCUT2D eigenvalue weighted by Crippen LogP contribution is 2.48. The molecule has 1 atom stereocenters. The first-order valence-electron chi connectivity index (χ1n) is 8.24. The number of halogens is 1. The lowest BCUT2D eigenvalue weighted by Crippen LogP contribution is -2.38. The van der Waals surface area contributed by atoms with Crippen LogP contribution in [-0.2, 0) is 6.42 Å². The van der Waals surface area contributed by atoms with Gasteiger partial charge < -0.3 is 0 Å². The molecule has 0 saturated heterocycles. The molecule has 0 fully saturated rings. The molecule has 2 aromatic rings. The van der Waals surface area contributed by atoms with E-state index in [0.29, 0.717) is 5.54 Å².